The van der Waals surface area contributed by atoms with E-state index < -0.39 is 0 Å². The standard InChI is InChI=1S/C11H13N3S/c1-13-10(9-5-3-7-15-9)8-4-2-6-14-11(8)12/h2-7,10,13H,1H3,(H2,12,14). The molecule has 0 aliphatic rings. The summed E-state index contributed by atoms with van der Waals surface area (Å²) in [5, 5.41) is 5.31. The summed E-state index contributed by atoms with van der Waals surface area (Å²) in [6.07, 6.45) is 1.71. The molecule has 0 radical (unpaired) electrons. The van der Waals surface area contributed by atoms with E-state index in [2.05, 4.69) is 21.7 Å². The van der Waals surface area contributed by atoms with Crippen molar-refractivity contribution >= 4 is 17.2 Å². The van der Waals surface area contributed by atoms with Gasteiger partial charge in [-0.05, 0) is 24.6 Å². The molecule has 2 heterocycles. The molecule has 0 aliphatic carbocycles. The number of nitrogens with zero attached hydrogens (tertiary/aromatic N) is 1. The summed E-state index contributed by atoms with van der Waals surface area (Å²) >= 11 is 1.71. The predicted octanol–water partition coefficient (Wildman–Crippen LogP) is 2.03. The fourth-order valence-electron chi connectivity index (χ4n) is 1.58. The summed E-state index contributed by atoms with van der Waals surface area (Å²) in [6.45, 7) is 0. The van der Waals surface area contributed by atoms with Gasteiger partial charge in [0.25, 0.3) is 0 Å². The molecule has 0 aromatic carbocycles. The highest BCUT2D eigenvalue weighted by Crippen LogP contribution is 2.27. The largest absolute Gasteiger partial charge is 0.383 e. The van der Waals surface area contributed by atoms with Crippen molar-refractivity contribution in [2.45, 2.75) is 6.04 Å². The van der Waals surface area contributed by atoms with Crippen LogP contribution in [0.4, 0.5) is 5.82 Å². The van der Waals surface area contributed by atoms with Crippen LogP contribution in [0.2, 0.25) is 0 Å². The summed E-state index contributed by atoms with van der Waals surface area (Å²) in [6, 6.07) is 8.18. The molecule has 0 spiro atoms. The Morgan fingerprint density at radius 2 is 2.27 bits per heavy atom. The summed E-state index contributed by atoms with van der Waals surface area (Å²) in [5.41, 5.74) is 6.89. The van der Waals surface area contributed by atoms with E-state index in [-0.39, 0.29) is 6.04 Å². The molecule has 2 aromatic heterocycles. The highest BCUT2D eigenvalue weighted by molar-refractivity contribution is 7.10. The Labute approximate surface area is 93.0 Å². The lowest BCUT2D eigenvalue weighted by Crippen LogP contribution is -2.18. The van der Waals surface area contributed by atoms with Gasteiger partial charge in [-0.15, -0.1) is 11.3 Å². The van der Waals surface area contributed by atoms with Gasteiger partial charge < -0.3 is 11.1 Å². The molecule has 0 amide bonds. The first-order valence-corrected chi connectivity index (χ1v) is 5.62. The molecule has 0 fully saturated rings. The third-order valence-electron chi connectivity index (χ3n) is 2.30. The van der Waals surface area contributed by atoms with Crippen LogP contribution in [0.5, 0.6) is 0 Å². The first-order valence-electron chi connectivity index (χ1n) is 4.74. The quantitative estimate of drug-likeness (QED) is 0.830. The number of aromatic nitrogens is 1. The Morgan fingerprint density at radius 3 is 2.87 bits per heavy atom. The number of hydrogen-bond acceptors (Lipinski definition) is 4. The first kappa shape index (κ1) is 10.1. The highest BCUT2D eigenvalue weighted by atomic mass is 32.1. The van der Waals surface area contributed by atoms with Gasteiger partial charge in [-0.2, -0.15) is 0 Å². The molecule has 2 aromatic rings. The monoisotopic (exact) mass is 219 g/mol. The molecule has 1 unspecified atom stereocenters. The van der Waals surface area contributed by atoms with Crippen LogP contribution in [0, 0.1) is 0 Å². The van der Waals surface area contributed by atoms with Gasteiger partial charge in [0.05, 0.1) is 6.04 Å². The molecule has 0 saturated carbocycles. The minimum Gasteiger partial charge on any atom is -0.383 e. The molecule has 0 bridgehead atoms. The Morgan fingerprint density at radius 1 is 1.40 bits per heavy atom. The van der Waals surface area contributed by atoms with Gasteiger partial charge in [-0.3, -0.25) is 0 Å². The maximum Gasteiger partial charge on any atom is 0.128 e. The summed E-state index contributed by atoms with van der Waals surface area (Å²) in [4.78, 5) is 5.35. The number of nitrogens with one attached hydrogen (secondary N) is 1. The third kappa shape index (κ3) is 2.00. The molecule has 1 atom stereocenters. The van der Waals surface area contributed by atoms with E-state index in [0.29, 0.717) is 5.82 Å². The van der Waals surface area contributed by atoms with Crippen molar-refractivity contribution in [3.63, 3.8) is 0 Å². The zero-order chi connectivity index (χ0) is 10.7. The minimum atomic E-state index is 0.138. The van der Waals surface area contributed by atoms with Crippen molar-refractivity contribution in [1.29, 1.82) is 0 Å². The summed E-state index contributed by atoms with van der Waals surface area (Å²) < 4.78 is 0. The van der Waals surface area contributed by atoms with Gasteiger partial charge in [-0.25, -0.2) is 4.98 Å². The Balaban J connectivity index is 2.40. The number of hydrogen-bond donors (Lipinski definition) is 2. The van der Waals surface area contributed by atoms with E-state index in [1.54, 1.807) is 17.5 Å². The van der Waals surface area contributed by atoms with E-state index in [4.69, 9.17) is 5.73 Å². The normalized spacial score (nSPS) is 12.6. The number of nitrogens with two attached hydrogens (primary N) is 1. The van der Waals surface area contributed by atoms with Crippen molar-refractivity contribution in [2.75, 3.05) is 12.8 Å². The van der Waals surface area contributed by atoms with Crippen LogP contribution in [-0.2, 0) is 0 Å². The van der Waals surface area contributed by atoms with Crippen molar-refractivity contribution in [3.05, 3.63) is 46.3 Å². The second kappa shape index (κ2) is 4.42. The van der Waals surface area contributed by atoms with E-state index in [0.717, 1.165) is 5.56 Å². The van der Waals surface area contributed by atoms with Crippen molar-refractivity contribution in [2.24, 2.45) is 0 Å². The predicted molar refractivity (Wildman–Crippen MR) is 63.9 cm³/mol. The molecule has 0 saturated heterocycles. The molecule has 78 valence electrons. The molecule has 15 heavy (non-hydrogen) atoms. The summed E-state index contributed by atoms with van der Waals surface area (Å²) in [5.74, 6) is 0.588. The van der Waals surface area contributed by atoms with Crippen LogP contribution in [-0.4, -0.2) is 12.0 Å². The lowest BCUT2D eigenvalue weighted by Gasteiger charge is -2.16. The number of rotatable bonds is 3. The maximum atomic E-state index is 5.86. The molecule has 4 heteroatoms. The van der Waals surface area contributed by atoms with Gasteiger partial charge in [0.15, 0.2) is 0 Å². The topological polar surface area (TPSA) is 50.9 Å². The first-order chi connectivity index (χ1) is 7.33. The average Bonchev–Trinajstić information content (AvgIpc) is 2.75. The van der Waals surface area contributed by atoms with Crippen molar-refractivity contribution < 1.29 is 0 Å². The van der Waals surface area contributed by atoms with E-state index >= 15 is 0 Å². The van der Waals surface area contributed by atoms with Crippen LogP contribution in [0.15, 0.2) is 35.8 Å². The second-order valence-corrected chi connectivity index (χ2v) is 4.19. The number of nitrogen functional groups attached to an aromatic ring is 1. The van der Waals surface area contributed by atoms with Gasteiger partial charge >= 0.3 is 0 Å². The zero-order valence-corrected chi connectivity index (χ0v) is 9.29. The molecule has 3 nitrogen and oxygen atoms in total. The van der Waals surface area contributed by atoms with Gasteiger partial charge in [0.1, 0.15) is 5.82 Å². The lowest BCUT2D eigenvalue weighted by atomic mass is 10.1. The Hall–Kier alpha value is -1.39. The molecule has 2 rings (SSSR count). The fourth-order valence-corrected chi connectivity index (χ4v) is 2.43. The molecular formula is C11H13N3S. The van der Waals surface area contributed by atoms with Crippen LogP contribution < -0.4 is 11.1 Å². The number of anilines is 1. The molecular weight excluding hydrogens is 206 g/mol. The average molecular weight is 219 g/mol. The lowest BCUT2D eigenvalue weighted by molar-refractivity contribution is 0.703. The Kier molecular flexibility index (Phi) is 2.99. The number of thiophene rings is 1. The summed E-state index contributed by atoms with van der Waals surface area (Å²) in [7, 11) is 1.93. The van der Waals surface area contributed by atoms with Crippen LogP contribution in [0.3, 0.4) is 0 Å². The van der Waals surface area contributed by atoms with E-state index in [9.17, 15) is 0 Å². The van der Waals surface area contributed by atoms with Crippen LogP contribution in [0.1, 0.15) is 16.5 Å². The minimum absolute atomic E-state index is 0.138. The van der Waals surface area contributed by atoms with Gasteiger partial charge in [0.2, 0.25) is 0 Å². The molecule has 3 N–H and O–H groups in total. The fraction of sp³-hybridized carbons (Fsp3) is 0.182. The van der Waals surface area contributed by atoms with E-state index in [1.807, 2.05) is 25.2 Å². The third-order valence-corrected chi connectivity index (χ3v) is 3.24. The van der Waals surface area contributed by atoms with Crippen LogP contribution in [0.25, 0.3) is 0 Å². The second-order valence-electron chi connectivity index (χ2n) is 3.21. The van der Waals surface area contributed by atoms with Crippen LogP contribution >= 0.6 is 11.3 Å². The maximum absolute atomic E-state index is 5.86. The van der Waals surface area contributed by atoms with Gasteiger partial charge in [-0.1, -0.05) is 12.1 Å². The smallest absolute Gasteiger partial charge is 0.128 e. The molecule has 0 aliphatic heterocycles. The van der Waals surface area contributed by atoms with Gasteiger partial charge in [0, 0.05) is 16.6 Å². The highest BCUT2D eigenvalue weighted by Gasteiger charge is 2.15. The van der Waals surface area contributed by atoms with Crippen molar-refractivity contribution in [3.8, 4) is 0 Å². The SMILES string of the molecule is CNC(c1cccs1)c1cccnc1N. The number of pyridine rings is 1. The van der Waals surface area contributed by atoms with E-state index in [1.165, 1.54) is 4.88 Å². The zero-order valence-electron chi connectivity index (χ0n) is 8.47. The Bertz CT molecular complexity index is 425. The van der Waals surface area contributed by atoms with Crippen molar-refractivity contribution in [1.82, 2.24) is 10.3 Å².